The molecular weight excluding hydrogens is 244 g/mol. The zero-order valence-corrected chi connectivity index (χ0v) is 11.3. The molecule has 1 atom stereocenters. The van der Waals surface area contributed by atoms with Gasteiger partial charge in [-0.25, -0.2) is 9.78 Å². The second-order valence-corrected chi connectivity index (χ2v) is 4.75. The van der Waals surface area contributed by atoms with E-state index in [-0.39, 0.29) is 12.1 Å². The summed E-state index contributed by atoms with van der Waals surface area (Å²) in [7, 11) is 2.05. The van der Waals surface area contributed by atoms with Gasteiger partial charge in [0.15, 0.2) is 0 Å². The van der Waals surface area contributed by atoms with Crippen molar-refractivity contribution in [2.24, 2.45) is 0 Å². The fourth-order valence-electron chi connectivity index (χ4n) is 1.97. The fourth-order valence-corrected chi connectivity index (χ4v) is 1.97. The third-order valence-electron chi connectivity index (χ3n) is 2.96. The van der Waals surface area contributed by atoms with Crippen LogP contribution >= 0.6 is 0 Å². The summed E-state index contributed by atoms with van der Waals surface area (Å²) in [5.41, 5.74) is 0.870. The van der Waals surface area contributed by atoms with Crippen LogP contribution in [0.4, 0.5) is 10.6 Å². The van der Waals surface area contributed by atoms with Gasteiger partial charge in [-0.2, -0.15) is 0 Å². The van der Waals surface area contributed by atoms with Crippen molar-refractivity contribution < 1.29 is 9.53 Å². The predicted octanol–water partition coefficient (Wildman–Crippen LogP) is 0.842. The number of morpholine rings is 1. The van der Waals surface area contributed by atoms with Crippen molar-refractivity contribution in [2.45, 2.75) is 13.0 Å². The number of aromatic nitrogens is 1. The number of hydrogen-bond donors (Lipinski definition) is 2. The number of anilines is 1. The highest BCUT2D eigenvalue weighted by Crippen LogP contribution is 2.04. The molecule has 2 N–H and O–H groups in total. The number of hydrogen-bond acceptors (Lipinski definition) is 4. The van der Waals surface area contributed by atoms with Gasteiger partial charge in [0.05, 0.1) is 12.7 Å². The lowest BCUT2D eigenvalue weighted by Crippen LogP contribution is -2.46. The van der Waals surface area contributed by atoms with E-state index in [0.29, 0.717) is 19.0 Å². The topological polar surface area (TPSA) is 66.5 Å². The number of pyridine rings is 1. The van der Waals surface area contributed by atoms with Crippen molar-refractivity contribution >= 4 is 11.8 Å². The number of rotatable bonds is 3. The molecule has 1 aromatic heterocycles. The van der Waals surface area contributed by atoms with Gasteiger partial charge in [-0.1, -0.05) is 6.07 Å². The SMILES string of the molecule is Cc1cccc(NC(=O)NCC2CN(C)CCO2)n1. The Hall–Kier alpha value is -1.66. The van der Waals surface area contributed by atoms with Gasteiger partial charge in [0, 0.05) is 25.3 Å². The second-order valence-electron chi connectivity index (χ2n) is 4.75. The maximum absolute atomic E-state index is 11.7. The highest BCUT2D eigenvalue weighted by Gasteiger charge is 2.18. The summed E-state index contributed by atoms with van der Waals surface area (Å²) in [6, 6.07) is 5.25. The van der Waals surface area contributed by atoms with E-state index in [0.717, 1.165) is 18.8 Å². The number of amides is 2. The van der Waals surface area contributed by atoms with E-state index < -0.39 is 0 Å². The van der Waals surface area contributed by atoms with Crippen molar-refractivity contribution in [1.82, 2.24) is 15.2 Å². The minimum absolute atomic E-state index is 0.0509. The van der Waals surface area contributed by atoms with Gasteiger partial charge in [0.1, 0.15) is 5.82 Å². The largest absolute Gasteiger partial charge is 0.374 e. The van der Waals surface area contributed by atoms with Crippen LogP contribution in [0.3, 0.4) is 0 Å². The van der Waals surface area contributed by atoms with Crippen LogP contribution in [-0.4, -0.2) is 55.3 Å². The summed E-state index contributed by atoms with van der Waals surface area (Å²) in [4.78, 5) is 18.1. The number of carbonyl (C=O) groups excluding carboxylic acids is 1. The molecule has 0 spiro atoms. The number of urea groups is 1. The Morgan fingerprint density at radius 3 is 3.16 bits per heavy atom. The van der Waals surface area contributed by atoms with Crippen LogP contribution in [0.1, 0.15) is 5.69 Å². The Kier molecular flexibility index (Phi) is 4.70. The van der Waals surface area contributed by atoms with Gasteiger partial charge in [-0.15, -0.1) is 0 Å². The number of likely N-dealkylation sites (N-methyl/N-ethyl adjacent to an activating group) is 1. The molecule has 0 bridgehead atoms. The first-order valence-corrected chi connectivity index (χ1v) is 6.42. The van der Waals surface area contributed by atoms with Crippen molar-refractivity contribution in [2.75, 3.05) is 38.6 Å². The standard InChI is InChI=1S/C13H20N4O2/c1-10-4-3-5-12(15-10)16-13(18)14-8-11-9-17(2)6-7-19-11/h3-5,11H,6-9H2,1-2H3,(H2,14,15,16,18). The maximum atomic E-state index is 11.7. The summed E-state index contributed by atoms with van der Waals surface area (Å²) in [5, 5.41) is 5.50. The lowest BCUT2D eigenvalue weighted by molar-refractivity contribution is -0.0166. The maximum Gasteiger partial charge on any atom is 0.320 e. The molecule has 6 heteroatoms. The smallest absolute Gasteiger partial charge is 0.320 e. The van der Waals surface area contributed by atoms with E-state index in [9.17, 15) is 4.79 Å². The van der Waals surface area contributed by atoms with Gasteiger partial charge in [0.25, 0.3) is 0 Å². The van der Waals surface area contributed by atoms with E-state index >= 15 is 0 Å². The molecule has 1 saturated heterocycles. The van der Waals surface area contributed by atoms with Crippen LogP contribution in [0.15, 0.2) is 18.2 Å². The lowest BCUT2D eigenvalue weighted by Gasteiger charge is -2.30. The van der Waals surface area contributed by atoms with Crippen molar-refractivity contribution in [1.29, 1.82) is 0 Å². The fraction of sp³-hybridized carbons (Fsp3) is 0.538. The molecule has 1 aliphatic heterocycles. The molecule has 104 valence electrons. The van der Waals surface area contributed by atoms with Gasteiger partial charge in [-0.3, -0.25) is 5.32 Å². The molecule has 19 heavy (non-hydrogen) atoms. The van der Waals surface area contributed by atoms with Crippen LogP contribution in [0.5, 0.6) is 0 Å². The second kappa shape index (κ2) is 6.49. The van der Waals surface area contributed by atoms with E-state index in [4.69, 9.17) is 4.74 Å². The molecule has 0 aliphatic carbocycles. The highest BCUT2D eigenvalue weighted by atomic mass is 16.5. The lowest BCUT2D eigenvalue weighted by atomic mass is 10.3. The number of ether oxygens (including phenoxy) is 1. The molecular formula is C13H20N4O2. The van der Waals surface area contributed by atoms with Crippen LogP contribution < -0.4 is 10.6 Å². The van der Waals surface area contributed by atoms with E-state index in [2.05, 4.69) is 20.5 Å². The average molecular weight is 264 g/mol. The van der Waals surface area contributed by atoms with Crippen LogP contribution in [0.2, 0.25) is 0 Å². The Morgan fingerprint density at radius 1 is 1.58 bits per heavy atom. The molecule has 0 saturated carbocycles. The van der Waals surface area contributed by atoms with Crippen LogP contribution in [0.25, 0.3) is 0 Å². The normalized spacial score (nSPS) is 20.0. The third kappa shape index (κ3) is 4.50. The molecule has 2 rings (SSSR count). The number of nitrogens with zero attached hydrogens (tertiary/aromatic N) is 2. The zero-order chi connectivity index (χ0) is 13.7. The van der Waals surface area contributed by atoms with E-state index in [1.807, 2.05) is 26.1 Å². The van der Waals surface area contributed by atoms with Crippen LogP contribution in [-0.2, 0) is 4.74 Å². The Morgan fingerprint density at radius 2 is 2.42 bits per heavy atom. The Labute approximate surface area is 113 Å². The molecule has 1 unspecified atom stereocenters. The summed E-state index contributed by atoms with van der Waals surface area (Å²) in [5.74, 6) is 0.555. The molecule has 1 aromatic rings. The van der Waals surface area contributed by atoms with Crippen LogP contribution in [0, 0.1) is 6.92 Å². The third-order valence-corrected chi connectivity index (χ3v) is 2.96. The average Bonchev–Trinajstić information content (AvgIpc) is 2.36. The molecule has 0 aromatic carbocycles. The first-order chi connectivity index (χ1) is 9.13. The van der Waals surface area contributed by atoms with Crippen molar-refractivity contribution in [3.63, 3.8) is 0 Å². The Balaban J connectivity index is 1.75. The predicted molar refractivity (Wildman–Crippen MR) is 73.2 cm³/mol. The van der Waals surface area contributed by atoms with Crippen molar-refractivity contribution in [3.8, 4) is 0 Å². The van der Waals surface area contributed by atoms with Gasteiger partial charge < -0.3 is 15.0 Å². The number of aryl methyl sites for hydroxylation is 1. The monoisotopic (exact) mass is 264 g/mol. The summed E-state index contributed by atoms with van der Waals surface area (Å²) in [6.45, 7) is 4.87. The Bertz CT molecular complexity index is 438. The van der Waals surface area contributed by atoms with E-state index in [1.165, 1.54) is 0 Å². The van der Waals surface area contributed by atoms with Gasteiger partial charge >= 0.3 is 6.03 Å². The minimum Gasteiger partial charge on any atom is -0.374 e. The molecule has 0 radical (unpaired) electrons. The summed E-state index contributed by atoms with van der Waals surface area (Å²) < 4.78 is 5.57. The molecule has 2 amide bonds. The number of nitrogens with one attached hydrogen (secondary N) is 2. The minimum atomic E-state index is -0.255. The highest BCUT2D eigenvalue weighted by molar-refractivity contribution is 5.88. The zero-order valence-electron chi connectivity index (χ0n) is 11.3. The summed E-state index contributed by atoms with van der Waals surface area (Å²) >= 11 is 0. The number of carbonyl (C=O) groups is 1. The summed E-state index contributed by atoms with van der Waals surface area (Å²) in [6.07, 6.45) is 0.0509. The molecule has 1 aliphatic rings. The van der Waals surface area contributed by atoms with E-state index in [1.54, 1.807) is 6.07 Å². The van der Waals surface area contributed by atoms with Crippen molar-refractivity contribution in [3.05, 3.63) is 23.9 Å². The van der Waals surface area contributed by atoms with Gasteiger partial charge in [-0.05, 0) is 26.1 Å². The molecule has 1 fully saturated rings. The first kappa shape index (κ1) is 13.8. The quantitative estimate of drug-likeness (QED) is 0.849. The van der Waals surface area contributed by atoms with Gasteiger partial charge in [0.2, 0.25) is 0 Å². The molecule has 2 heterocycles. The first-order valence-electron chi connectivity index (χ1n) is 6.42. The molecule has 6 nitrogen and oxygen atoms in total.